The van der Waals surface area contributed by atoms with Crippen LogP contribution in [0.1, 0.15) is 10.4 Å². The first-order valence-electron chi connectivity index (χ1n) is 7.01. The van der Waals surface area contributed by atoms with Crippen molar-refractivity contribution in [2.24, 2.45) is 0 Å². The maximum atomic E-state index is 5.79. The molecule has 0 saturated heterocycles. The molecule has 0 aliphatic heterocycles. The smallest absolute Gasteiger partial charge is 0.185 e. The van der Waals surface area contributed by atoms with Gasteiger partial charge in [-0.15, -0.1) is 22.7 Å². The van der Waals surface area contributed by atoms with Crippen LogP contribution in [0.2, 0.25) is 0 Å². The lowest BCUT2D eigenvalue weighted by Gasteiger charge is -2.16. The Bertz CT molecular complexity index is 666. The van der Waals surface area contributed by atoms with Crippen molar-refractivity contribution in [2.45, 2.75) is 6.42 Å². The molecule has 0 aliphatic rings. The molecule has 0 amide bonds. The summed E-state index contributed by atoms with van der Waals surface area (Å²) in [5, 5.41) is 3.00. The summed E-state index contributed by atoms with van der Waals surface area (Å²) in [4.78, 5) is 11.7. The summed E-state index contributed by atoms with van der Waals surface area (Å²) in [6.07, 6.45) is 4.67. The number of ether oxygens (including phenoxy) is 1. The molecule has 114 valence electrons. The van der Waals surface area contributed by atoms with Crippen molar-refractivity contribution in [1.29, 1.82) is 0 Å². The summed E-state index contributed by atoms with van der Waals surface area (Å²) in [5.41, 5.74) is 3.14. The standard InChI is InChI=1S/C16H17N3OS2/c1-19(16-18-6-9-21-16)7-8-20-14-4-2-13(3-5-14)10-15-11-17-12-22-15/h2-6,9,11-12H,7-8,10H2,1H3. The summed E-state index contributed by atoms with van der Waals surface area (Å²) >= 11 is 3.32. The monoisotopic (exact) mass is 331 g/mol. The van der Waals surface area contributed by atoms with Crippen LogP contribution in [0, 0.1) is 0 Å². The van der Waals surface area contributed by atoms with Crippen molar-refractivity contribution in [3.8, 4) is 5.75 Å². The lowest BCUT2D eigenvalue weighted by atomic mass is 10.1. The van der Waals surface area contributed by atoms with Gasteiger partial charge in [-0.1, -0.05) is 12.1 Å². The van der Waals surface area contributed by atoms with E-state index in [0.717, 1.165) is 23.8 Å². The number of hydrogen-bond acceptors (Lipinski definition) is 6. The number of anilines is 1. The summed E-state index contributed by atoms with van der Waals surface area (Å²) in [7, 11) is 2.03. The Hall–Kier alpha value is -1.92. The van der Waals surface area contributed by atoms with Crippen molar-refractivity contribution >= 4 is 27.8 Å². The molecule has 3 aromatic rings. The molecule has 22 heavy (non-hydrogen) atoms. The number of rotatable bonds is 7. The minimum Gasteiger partial charge on any atom is -0.492 e. The van der Waals surface area contributed by atoms with Crippen molar-refractivity contribution in [3.63, 3.8) is 0 Å². The Morgan fingerprint density at radius 1 is 1.18 bits per heavy atom. The zero-order chi connectivity index (χ0) is 15.2. The van der Waals surface area contributed by atoms with Gasteiger partial charge in [0.15, 0.2) is 5.13 Å². The second kappa shape index (κ2) is 7.38. The second-order valence-corrected chi connectivity index (χ2v) is 6.72. The Morgan fingerprint density at radius 2 is 2.05 bits per heavy atom. The number of thiazole rings is 2. The van der Waals surface area contributed by atoms with Gasteiger partial charge in [0.25, 0.3) is 0 Å². The summed E-state index contributed by atoms with van der Waals surface area (Å²) in [5.74, 6) is 0.903. The molecule has 0 radical (unpaired) electrons. The molecule has 0 atom stereocenters. The van der Waals surface area contributed by atoms with Gasteiger partial charge in [-0.2, -0.15) is 0 Å². The molecule has 2 heterocycles. The number of aromatic nitrogens is 2. The highest BCUT2D eigenvalue weighted by atomic mass is 32.1. The Labute approximate surface area is 138 Å². The van der Waals surface area contributed by atoms with Crippen LogP contribution in [-0.4, -0.2) is 30.2 Å². The minimum atomic E-state index is 0.643. The van der Waals surface area contributed by atoms with Gasteiger partial charge in [0.1, 0.15) is 12.4 Å². The summed E-state index contributed by atoms with van der Waals surface area (Å²) in [6, 6.07) is 8.28. The highest BCUT2D eigenvalue weighted by Gasteiger charge is 2.03. The molecule has 4 nitrogen and oxygen atoms in total. The van der Waals surface area contributed by atoms with Gasteiger partial charge in [0, 0.05) is 36.1 Å². The predicted octanol–water partition coefficient (Wildman–Crippen LogP) is 3.71. The number of hydrogen-bond donors (Lipinski definition) is 0. The van der Waals surface area contributed by atoms with E-state index in [0.29, 0.717) is 6.61 Å². The van der Waals surface area contributed by atoms with E-state index in [1.165, 1.54) is 10.4 Å². The lowest BCUT2D eigenvalue weighted by molar-refractivity contribution is 0.326. The minimum absolute atomic E-state index is 0.643. The third kappa shape index (κ3) is 4.05. The topological polar surface area (TPSA) is 38.2 Å². The van der Waals surface area contributed by atoms with Crippen LogP contribution >= 0.6 is 22.7 Å². The quantitative estimate of drug-likeness (QED) is 0.661. The van der Waals surface area contributed by atoms with Crippen molar-refractivity contribution in [3.05, 3.63) is 58.0 Å². The normalized spacial score (nSPS) is 10.6. The van der Waals surface area contributed by atoms with Gasteiger partial charge in [-0.25, -0.2) is 4.98 Å². The number of nitrogens with zero attached hydrogens (tertiary/aromatic N) is 3. The predicted molar refractivity (Wildman–Crippen MR) is 92.2 cm³/mol. The van der Waals surface area contributed by atoms with Crippen LogP contribution in [-0.2, 0) is 6.42 Å². The molecule has 6 heteroatoms. The molecule has 2 aromatic heterocycles. The fourth-order valence-electron chi connectivity index (χ4n) is 2.03. The highest BCUT2D eigenvalue weighted by molar-refractivity contribution is 7.13. The third-order valence-electron chi connectivity index (χ3n) is 3.23. The van der Waals surface area contributed by atoms with Crippen LogP contribution in [0.25, 0.3) is 0 Å². The SMILES string of the molecule is CN(CCOc1ccc(Cc2cncs2)cc1)c1nccs1. The maximum absolute atomic E-state index is 5.79. The molecular weight excluding hydrogens is 314 g/mol. The van der Waals surface area contributed by atoms with Gasteiger partial charge >= 0.3 is 0 Å². The van der Waals surface area contributed by atoms with Crippen LogP contribution in [0.15, 0.2) is 47.5 Å². The van der Waals surface area contributed by atoms with Crippen molar-refractivity contribution in [1.82, 2.24) is 9.97 Å². The zero-order valence-corrected chi connectivity index (χ0v) is 13.9. The molecule has 3 rings (SSSR count). The largest absolute Gasteiger partial charge is 0.492 e. The number of benzene rings is 1. The Kier molecular flexibility index (Phi) is 5.03. The maximum Gasteiger partial charge on any atom is 0.185 e. The fraction of sp³-hybridized carbons (Fsp3) is 0.250. The Morgan fingerprint density at radius 3 is 2.73 bits per heavy atom. The van der Waals surface area contributed by atoms with Crippen molar-refractivity contribution < 1.29 is 4.74 Å². The lowest BCUT2D eigenvalue weighted by Crippen LogP contribution is -2.23. The van der Waals surface area contributed by atoms with Gasteiger partial charge in [0.05, 0.1) is 12.1 Å². The summed E-state index contributed by atoms with van der Waals surface area (Å²) < 4.78 is 5.79. The highest BCUT2D eigenvalue weighted by Crippen LogP contribution is 2.18. The molecular formula is C16H17N3OS2. The molecule has 0 spiro atoms. The molecule has 0 bridgehead atoms. The van der Waals surface area contributed by atoms with Gasteiger partial charge in [-0.3, -0.25) is 4.98 Å². The molecule has 1 aromatic carbocycles. The molecule has 0 saturated carbocycles. The Balaban J connectivity index is 1.47. The van der Waals surface area contributed by atoms with Crippen LogP contribution in [0.4, 0.5) is 5.13 Å². The molecule has 0 unspecified atom stereocenters. The summed E-state index contributed by atoms with van der Waals surface area (Å²) in [6.45, 7) is 1.46. The van der Waals surface area contributed by atoms with Crippen molar-refractivity contribution in [2.75, 3.05) is 25.1 Å². The van der Waals surface area contributed by atoms with Gasteiger partial charge in [0.2, 0.25) is 0 Å². The first-order chi connectivity index (χ1) is 10.8. The van der Waals surface area contributed by atoms with E-state index >= 15 is 0 Å². The van der Waals surface area contributed by atoms with E-state index in [4.69, 9.17) is 4.74 Å². The van der Waals surface area contributed by atoms with Crippen LogP contribution in [0.3, 0.4) is 0 Å². The molecule has 0 aliphatic carbocycles. The number of likely N-dealkylation sites (N-methyl/N-ethyl adjacent to an activating group) is 1. The van der Waals surface area contributed by atoms with Crippen LogP contribution in [0.5, 0.6) is 5.75 Å². The average Bonchev–Trinajstić information content (AvgIpc) is 3.22. The first kappa shape index (κ1) is 15.0. The van der Waals surface area contributed by atoms with E-state index < -0.39 is 0 Å². The zero-order valence-electron chi connectivity index (χ0n) is 12.3. The van der Waals surface area contributed by atoms with E-state index in [1.54, 1.807) is 22.7 Å². The molecule has 0 fully saturated rings. The fourth-order valence-corrected chi connectivity index (χ4v) is 3.30. The van der Waals surface area contributed by atoms with E-state index in [-0.39, 0.29) is 0 Å². The first-order valence-corrected chi connectivity index (χ1v) is 8.77. The molecule has 0 N–H and O–H groups in total. The third-order valence-corrected chi connectivity index (χ3v) is 4.89. The van der Waals surface area contributed by atoms with E-state index in [2.05, 4.69) is 27.0 Å². The van der Waals surface area contributed by atoms with E-state index in [9.17, 15) is 0 Å². The van der Waals surface area contributed by atoms with Crippen LogP contribution < -0.4 is 9.64 Å². The van der Waals surface area contributed by atoms with E-state index in [1.807, 2.05) is 42.5 Å². The van der Waals surface area contributed by atoms with Gasteiger partial charge < -0.3 is 9.64 Å². The van der Waals surface area contributed by atoms with Gasteiger partial charge in [-0.05, 0) is 17.7 Å². The average molecular weight is 331 g/mol. The second-order valence-electron chi connectivity index (χ2n) is 4.87.